The first kappa shape index (κ1) is 23.4. The minimum Gasteiger partial charge on any atom is -0.484 e. The van der Waals surface area contributed by atoms with Gasteiger partial charge in [0.2, 0.25) is 5.91 Å². The summed E-state index contributed by atoms with van der Waals surface area (Å²) >= 11 is 3.46. The Morgan fingerprint density at radius 1 is 1.00 bits per heavy atom. The summed E-state index contributed by atoms with van der Waals surface area (Å²) in [5, 5.41) is 12.0. The normalized spacial score (nSPS) is 17.8. The van der Waals surface area contributed by atoms with Gasteiger partial charge in [0.25, 0.3) is 5.91 Å². The van der Waals surface area contributed by atoms with Gasteiger partial charge >= 0.3 is 0 Å². The predicted octanol–water partition coefficient (Wildman–Crippen LogP) is 5.44. The quantitative estimate of drug-likeness (QED) is 0.294. The highest BCUT2D eigenvalue weighted by molar-refractivity contribution is 8.00. The second kappa shape index (κ2) is 10.9. The number of thiophene rings is 1. The van der Waals surface area contributed by atoms with Crippen molar-refractivity contribution < 1.29 is 19.5 Å². The van der Waals surface area contributed by atoms with Crippen LogP contribution in [0.15, 0.2) is 66.7 Å². The molecule has 1 fully saturated rings. The third-order valence-electron chi connectivity index (χ3n) is 5.52. The molecule has 0 aliphatic carbocycles. The number of hydrogen-bond donors (Lipinski definition) is 3. The number of amides is 2. The third-order valence-corrected chi connectivity index (χ3v) is 8.60. The number of ether oxygens (including phenoxy) is 1. The zero-order chi connectivity index (χ0) is 23.1. The maximum Gasteiger partial charge on any atom is 0.262 e. The molecule has 2 aromatic carbocycles. The summed E-state index contributed by atoms with van der Waals surface area (Å²) in [5.41, 5.74) is 3.49. The van der Waals surface area contributed by atoms with E-state index >= 15 is 0 Å². The van der Waals surface area contributed by atoms with E-state index in [2.05, 4.69) is 17.4 Å². The molecule has 1 aromatic heterocycles. The molecule has 0 radical (unpaired) electrons. The van der Waals surface area contributed by atoms with Crippen LogP contribution in [-0.4, -0.2) is 29.4 Å². The van der Waals surface area contributed by atoms with Crippen molar-refractivity contribution in [2.24, 2.45) is 0 Å². The zero-order valence-corrected chi connectivity index (χ0v) is 19.7. The van der Waals surface area contributed by atoms with Crippen molar-refractivity contribution in [3.63, 3.8) is 0 Å². The van der Waals surface area contributed by atoms with Gasteiger partial charge in [-0.25, -0.2) is 5.48 Å². The molecule has 0 saturated carbocycles. The van der Waals surface area contributed by atoms with Gasteiger partial charge in [-0.05, 0) is 60.6 Å². The van der Waals surface area contributed by atoms with Crippen LogP contribution in [0.2, 0.25) is 0 Å². The molecule has 33 heavy (non-hydrogen) atoms. The number of nitrogens with one attached hydrogen (secondary N) is 2. The van der Waals surface area contributed by atoms with Crippen molar-refractivity contribution in [3.8, 4) is 16.2 Å². The summed E-state index contributed by atoms with van der Waals surface area (Å²) in [7, 11) is 0. The lowest BCUT2D eigenvalue weighted by atomic mass is 9.94. The Balaban J connectivity index is 1.46. The van der Waals surface area contributed by atoms with Crippen LogP contribution < -0.4 is 15.5 Å². The molecule has 0 spiro atoms. The molecule has 8 heteroatoms. The molecule has 172 valence electrons. The summed E-state index contributed by atoms with van der Waals surface area (Å²) in [6.07, 6.45) is 3.36. The van der Waals surface area contributed by atoms with Gasteiger partial charge in [0.15, 0.2) is 6.61 Å². The van der Waals surface area contributed by atoms with Crippen LogP contribution in [0.25, 0.3) is 10.4 Å². The lowest BCUT2D eigenvalue weighted by Crippen LogP contribution is -2.32. The van der Waals surface area contributed by atoms with Gasteiger partial charge in [-0.2, -0.15) is 0 Å². The van der Waals surface area contributed by atoms with E-state index in [0.29, 0.717) is 11.4 Å². The van der Waals surface area contributed by atoms with Gasteiger partial charge in [-0.3, -0.25) is 14.8 Å². The fourth-order valence-corrected chi connectivity index (χ4v) is 6.81. The van der Waals surface area contributed by atoms with E-state index in [1.165, 1.54) is 0 Å². The van der Waals surface area contributed by atoms with Crippen molar-refractivity contribution in [1.29, 1.82) is 0 Å². The Morgan fingerprint density at radius 2 is 1.85 bits per heavy atom. The Kier molecular flexibility index (Phi) is 7.69. The van der Waals surface area contributed by atoms with Crippen LogP contribution in [0.3, 0.4) is 0 Å². The number of para-hydroxylation sites is 1. The van der Waals surface area contributed by atoms with Crippen LogP contribution in [-0.2, 0) is 14.3 Å². The first-order valence-corrected chi connectivity index (χ1v) is 12.6. The molecule has 1 atom stereocenters. The Bertz CT molecular complexity index is 1090. The Morgan fingerprint density at radius 3 is 2.61 bits per heavy atom. The molecule has 1 saturated heterocycles. The van der Waals surface area contributed by atoms with Gasteiger partial charge < -0.3 is 10.1 Å². The first-order valence-electron chi connectivity index (χ1n) is 10.8. The van der Waals surface area contributed by atoms with E-state index in [4.69, 9.17) is 9.94 Å². The standard InChI is InChI=1S/C25H26N2O4S2/c28-23(27-30)16-25(13-4-5-14-32-25)22-12-11-21(33-22)18-7-6-8-19(15-18)26-24(29)17-31-20-9-2-1-3-10-20/h1-3,6-12,15,30H,4-5,13-14,16-17H2,(H,26,29)(H,27,28)/t25-/m0/s1. The van der Waals surface area contributed by atoms with Gasteiger partial charge in [0.05, 0.1) is 4.75 Å². The maximum absolute atomic E-state index is 12.3. The number of hydrogen-bond acceptors (Lipinski definition) is 6. The zero-order valence-electron chi connectivity index (χ0n) is 18.1. The number of anilines is 1. The molecule has 3 aromatic rings. The number of carbonyl (C=O) groups excluding carboxylic acids is 2. The fraction of sp³-hybridized carbons (Fsp3) is 0.280. The second-order valence-corrected chi connectivity index (χ2v) is 10.5. The predicted molar refractivity (Wildman–Crippen MR) is 133 cm³/mol. The molecule has 0 unspecified atom stereocenters. The van der Waals surface area contributed by atoms with Gasteiger partial charge in [0, 0.05) is 21.9 Å². The lowest BCUT2D eigenvalue weighted by Gasteiger charge is -2.35. The van der Waals surface area contributed by atoms with Crippen molar-refractivity contribution in [1.82, 2.24) is 5.48 Å². The smallest absolute Gasteiger partial charge is 0.262 e. The molecule has 2 amide bonds. The SMILES string of the molecule is O=C(C[C@]1(c2ccc(-c3cccc(NC(=O)COc4ccccc4)c3)s2)CCCCS1)NO. The first-order chi connectivity index (χ1) is 16.1. The van der Waals surface area contributed by atoms with Crippen LogP contribution in [0.4, 0.5) is 5.69 Å². The highest BCUT2D eigenvalue weighted by Gasteiger charge is 2.38. The molecule has 2 heterocycles. The summed E-state index contributed by atoms with van der Waals surface area (Å²) in [6.45, 7) is -0.0654. The van der Waals surface area contributed by atoms with E-state index in [0.717, 1.165) is 40.3 Å². The maximum atomic E-state index is 12.3. The number of thioether (sulfide) groups is 1. The van der Waals surface area contributed by atoms with Crippen LogP contribution in [0.1, 0.15) is 30.6 Å². The third kappa shape index (κ3) is 5.96. The summed E-state index contributed by atoms with van der Waals surface area (Å²) in [5.74, 6) is 1.06. The fourth-order valence-electron chi connectivity index (χ4n) is 3.92. The summed E-state index contributed by atoms with van der Waals surface area (Å²) in [6, 6.07) is 21.1. The monoisotopic (exact) mass is 482 g/mol. The van der Waals surface area contributed by atoms with Crippen molar-refractivity contribution in [2.75, 3.05) is 17.7 Å². The van der Waals surface area contributed by atoms with Gasteiger partial charge in [-0.15, -0.1) is 23.1 Å². The molecule has 1 aliphatic rings. The summed E-state index contributed by atoms with van der Waals surface area (Å²) < 4.78 is 5.20. The van der Waals surface area contributed by atoms with Crippen molar-refractivity contribution in [2.45, 2.75) is 30.4 Å². The average Bonchev–Trinajstić information content (AvgIpc) is 3.35. The second-order valence-electron chi connectivity index (χ2n) is 7.91. The molecular formula is C25H26N2O4S2. The largest absolute Gasteiger partial charge is 0.484 e. The lowest BCUT2D eigenvalue weighted by molar-refractivity contribution is -0.129. The van der Waals surface area contributed by atoms with Crippen molar-refractivity contribution in [3.05, 3.63) is 71.6 Å². The molecule has 1 aliphatic heterocycles. The number of hydroxylamine groups is 1. The van der Waals surface area contributed by atoms with E-state index in [-0.39, 0.29) is 29.6 Å². The summed E-state index contributed by atoms with van der Waals surface area (Å²) in [4.78, 5) is 26.5. The van der Waals surface area contributed by atoms with Gasteiger partial charge in [0.1, 0.15) is 5.75 Å². The molecule has 0 bridgehead atoms. The minimum atomic E-state index is -0.359. The van der Waals surface area contributed by atoms with Gasteiger partial charge in [-0.1, -0.05) is 36.8 Å². The Hall–Kier alpha value is -2.81. The molecule has 4 rings (SSSR count). The number of rotatable bonds is 8. The minimum absolute atomic E-state index is 0.0654. The van der Waals surface area contributed by atoms with E-state index in [9.17, 15) is 9.59 Å². The molecular weight excluding hydrogens is 456 g/mol. The molecule has 6 nitrogen and oxygen atoms in total. The number of carbonyl (C=O) groups is 2. The van der Waals surface area contributed by atoms with Crippen LogP contribution in [0, 0.1) is 0 Å². The van der Waals surface area contributed by atoms with Crippen LogP contribution >= 0.6 is 23.1 Å². The van der Waals surface area contributed by atoms with Crippen LogP contribution in [0.5, 0.6) is 5.75 Å². The average molecular weight is 483 g/mol. The van der Waals surface area contributed by atoms with E-state index in [1.54, 1.807) is 28.6 Å². The topological polar surface area (TPSA) is 87.7 Å². The molecule has 3 N–H and O–H groups in total. The van der Waals surface area contributed by atoms with Crippen molar-refractivity contribution >= 4 is 40.6 Å². The Labute approximate surface area is 201 Å². The van der Waals surface area contributed by atoms with E-state index < -0.39 is 0 Å². The van der Waals surface area contributed by atoms with E-state index in [1.807, 2.05) is 54.6 Å². The highest BCUT2D eigenvalue weighted by atomic mass is 32.2. The number of benzene rings is 2. The highest BCUT2D eigenvalue weighted by Crippen LogP contribution is 2.50.